The number of benzene rings is 1. The lowest BCUT2D eigenvalue weighted by molar-refractivity contribution is -0.134. The van der Waals surface area contributed by atoms with E-state index < -0.39 is 0 Å². The predicted molar refractivity (Wildman–Crippen MR) is 99.1 cm³/mol. The third-order valence-electron chi connectivity index (χ3n) is 4.58. The third-order valence-corrected chi connectivity index (χ3v) is 4.58. The molecule has 5 nitrogen and oxygen atoms in total. The molecule has 5 heteroatoms. The van der Waals surface area contributed by atoms with Crippen molar-refractivity contribution in [1.82, 2.24) is 9.88 Å². The maximum Gasteiger partial charge on any atom is 0.260 e. The fourth-order valence-electron chi connectivity index (χ4n) is 3.16. The van der Waals surface area contributed by atoms with E-state index in [1.807, 2.05) is 60.4 Å². The van der Waals surface area contributed by atoms with E-state index in [2.05, 4.69) is 17.1 Å². The fourth-order valence-corrected chi connectivity index (χ4v) is 3.16. The molecule has 2 heterocycles. The van der Waals surface area contributed by atoms with Crippen LogP contribution < -0.4 is 9.64 Å². The molecule has 1 saturated heterocycles. The van der Waals surface area contributed by atoms with E-state index in [1.54, 1.807) is 0 Å². The van der Waals surface area contributed by atoms with Crippen LogP contribution in [0.1, 0.15) is 24.3 Å². The molecule has 1 amide bonds. The van der Waals surface area contributed by atoms with E-state index in [1.165, 1.54) is 5.56 Å². The number of likely N-dealkylation sites (tertiary alicyclic amines) is 1. The number of pyridine rings is 1. The van der Waals surface area contributed by atoms with Crippen molar-refractivity contribution in [1.29, 1.82) is 0 Å². The lowest BCUT2D eigenvalue weighted by Crippen LogP contribution is -2.41. The second-order valence-corrected chi connectivity index (χ2v) is 6.62. The Hall–Kier alpha value is -2.56. The highest BCUT2D eigenvalue weighted by atomic mass is 16.5. The van der Waals surface area contributed by atoms with Gasteiger partial charge >= 0.3 is 0 Å². The van der Waals surface area contributed by atoms with Gasteiger partial charge in [0, 0.05) is 39.3 Å². The number of piperidine rings is 1. The number of hydrogen-bond acceptors (Lipinski definition) is 4. The molecule has 25 heavy (non-hydrogen) atoms. The number of carbonyl (C=O) groups is 1. The number of carbonyl (C=O) groups excluding carboxylic acids is 1. The van der Waals surface area contributed by atoms with Crippen molar-refractivity contribution in [2.45, 2.75) is 18.8 Å². The molecule has 2 aromatic rings. The first kappa shape index (κ1) is 17.3. The molecule has 0 N–H and O–H groups in total. The van der Waals surface area contributed by atoms with E-state index in [-0.39, 0.29) is 12.5 Å². The Balaban J connectivity index is 1.60. The van der Waals surface area contributed by atoms with Crippen molar-refractivity contribution in [2.24, 2.45) is 0 Å². The third kappa shape index (κ3) is 4.50. The monoisotopic (exact) mass is 339 g/mol. The minimum Gasteiger partial charge on any atom is -0.484 e. The zero-order valence-electron chi connectivity index (χ0n) is 14.9. The summed E-state index contributed by atoms with van der Waals surface area (Å²) in [6.07, 6.45) is 3.96. The highest BCUT2D eigenvalue weighted by Gasteiger charge is 2.25. The Bertz CT molecular complexity index is 703. The van der Waals surface area contributed by atoms with Crippen LogP contribution in [0.5, 0.6) is 5.75 Å². The fraction of sp³-hybridized carbons (Fsp3) is 0.400. The lowest BCUT2D eigenvalue weighted by atomic mass is 9.91. The van der Waals surface area contributed by atoms with E-state index in [0.717, 1.165) is 37.5 Å². The molecule has 0 spiro atoms. The second kappa shape index (κ2) is 8.01. The molecule has 1 aliphatic heterocycles. The molecule has 1 aromatic heterocycles. The number of aromatic nitrogens is 1. The van der Waals surface area contributed by atoms with Crippen LogP contribution in [0.3, 0.4) is 0 Å². The summed E-state index contributed by atoms with van der Waals surface area (Å²) in [6.45, 7) is 1.64. The van der Waals surface area contributed by atoms with Gasteiger partial charge in [-0.2, -0.15) is 0 Å². The predicted octanol–water partition coefficient (Wildman–Crippen LogP) is 2.93. The number of para-hydroxylation sites is 1. The van der Waals surface area contributed by atoms with Gasteiger partial charge in [-0.3, -0.25) is 4.79 Å². The van der Waals surface area contributed by atoms with Crippen LogP contribution in [0.4, 0.5) is 5.82 Å². The summed E-state index contributed by atoms with van der Waals surface area (Å²) in [5.74, 6) is 2.09. The summed E-state index contributed by atoms with van der Waals surface area (Å²) in [5, 5.41) is 0. The molecular formula is C20H25N3O2. The summed E-state index contributed by atoms with van der Waals surface area (Å²) in [6, 6.07) is 13.7. The minimum absolute atomic E-state index is 0.0513. The van der Waals surface area contributed by atoms with Gasteiger partial charge in [0.05, 0.1) is 0 Å². The SMILES string of the molecule is CN(C)c1cc(C2CCCN(C(=O)COc3ccccc3)C2)ccn1. The molecule has 132 valence electrons. The largest absolute Gasteiger partial charge is 0.484 e. The molecular weight excluding hydrogens is 314 g/mol. The van der Waals surface area contributed by atoms with Crippen LogP contribution >= 0.6 is 0 Å². The number of hydrogen-bond donors (Lipinski definition) is 0. The Labute approximate surface area is 149 Å². The highest BCUT2D eigenvalue weighted by Crippen LogP contribution is 2.28. The van der Waals surface area contributed by atoms with Crippen LogP contribution in [0.2, 0.25) is 0 Å². The molecule has 1 aromatic carbocycles. The first-order valence-electron chi connectivity index (χ1n) is 8.72. The van der Waals surface area contributed by atoms with Gasteiger partial charge in [0.1, 0.15) is 11.6 Å². The van der Waals surface area contributed by atoms with Gasteiger partial charge in [-0.15, -0.1) is 0 Å². The zero-order chi connectivity index (χ0) is 17.6. The molecule has 0 bridgehead atoms. The number of amides is 1. The van der Waals surface area contributed by atoms with Crippen molar-refractivity contribution in [3.05, 3.63) is 54.2 Å². The van der Waals surface area contributed by atoms with Crippen LogP contribution in [0.15, 0.2) is 48.7 Å². The van der Waals surface area contributed by atoms with Crippen molar-refractivity contribution < 1.29 is 9.53 Å². The van der Waals surface area contributed by atoms with Gasteiger partial charge in [0.15, 0.2) is 6.61 Å². The number of nitrogens with zero attached hydrogens (tertiary/aromatic N) is 3. The van der Waals surface area contributed by atoms with Gasteiger partial charge in [-0.1, -0.05) is 18.2 Å². The second-order valence-electron chi connectivity index (χ2n) is 6.62. The molecule has 0 radical (unpaired) electrons. The maximum atomic E-state index is 12.5. The van der Waals surface area contributed by atoms with Gasteiger partial charge in [-0.25, -0.2) is 4.98 Å². The Kier molecular flexibility index (Phi) is 5.53. The van der Waals surface area contributed by atoms with Crippen molar-refractivity contribution in [3.63, 3.8) is 0 Å². The Morgan fingerprint density at radius 2 is 2.08 bits per heavy atom. The summed E-state index contributed by atoms with van der Waals surface area (Å²) in [5.41, 5.74) is 1.25. The van der Waals surface area contributed by atoms with Crippen molar-refractivity contribution in [3.8, 4) is 5.75 Å². The smallest absolute Gasteiger partial charge is 0.260 e. The summed E-state index contributed by atoms with van der Waals surface area (Å²) >= 11 is 0. The average molecular weight is 339 g/mol. The molecule has 3 rings (SSSR count). The standard InChI is InChI=1S/C20H25N3O2/c1-22(2)19-13-16(10-11-21-19)17-7-6-12-23(14-17)20(24)15-25-18-8-4-3-5-9-18/h3-5,8-11,13,17H,6-7,12,14-15H2,1-2H3. The summed E-state index contributed by atoms with van der Waals surface area (Å²) in [4.78, 5) is 20.8. The van der Waals surface area contributed by atoms with E-state index in [0.29, 0.717) is 5.92 Å². The topological polar surface area (TPSA) is 45.7 Å². The number of rotatable bonds is 5. The molecule has 0 saturated carbocycles. The van der Waals surface area contributed by atoms with Gasteiger partial charge < -0.3 is 14.5 Å². The molecule has 1 fully saturated rings. The van der Waals surface area contributed by atoms with Crippen molar-refractivity contribution >= 4 is 11.7 Å². The first-order valence-corrected chi connectivity index (χ1v) is 8.72. The lowest BCUT2D eigenvalue weighted by Gasteiger charge is -2.33. The molecule has 1 atom stereocenters. The number of anilines is 1. The molecule has 1 unspecified atom stereocenters. The van der Waals surface area contributed by atoms with Gasteiger partial charge in [0.25, 0.3) is 5.91 Å². The maximum absolute atomic E-state index is 12.5. The van der Waals surface area contributed by atoms with Crippen LogP contribution in [0.25, 0.3) is 0 Å². The van der Waals surface area contributed by atoms with Crippen LogP contribution in [0, 0.1) is 0 Å². The van der Waals surface area contributed by atoms with E-state index in [9.17, 15) is 4.79 Å². The molecule has 1 aliphatic rings. The van der Waals surface area contributed by atoms with Gasteiger partial charge in [-0.05, 0) is 42.7 Å². The first-order chi connectivity index (χ1) is 12.1. The van der Waals surface area contributed by atoms with Crippen LogP contribution in [-0.4, -0.2) is 49.6 Å². The highest BCUT2D eigenvalue weighted by molar-refractivity contribution is 5.78. The summed E-state index contributed by atoms with van der Waals surface area (Å²) < 4.78 is 5.60. The normalized spacial score (nSPS) is 17.2. The number of ether oxygens (including phenoxy) is 1. The Morgan fingerprint density at radius 3 is 2.84 bits per heavy atom. The van der Waals surface area contributed by atoms with Crippen molar-refractivity contribution in [2.75, 3.05) is 38.7 Å². The van der Waals surface area contributed by atoms with E-state index in [4.69, 9.17) is 4.74 Å². The zero-order valence-corrected chi connectivity index (χ0v) is 14.9. The van der Waals surface area contributed by atoms with Crippen LogP contribution in [-0.2, 0) is 4.79 Å². The molecule has 0 aliphatic carbocycles. The quantitative estimate of drug-likeness (QED) is 0.840. The summed E-state index contributed by atoms with van der Waals surface area (Å²) in [7, 11) is 3.98. The average Bonchev–Trinajstić information content (AvgIpc) is 2.67. The Morgan fingerprint density at radius 1 is 1.28 bits per heavy atom. The van der Waals surface area contributed by atoms with Gasteiger partial charge in [0.2, 0.25) is 0 Å². The van der Waals surface area contributed by atoms with E-state index >= 15 is 0 Å². The minimum atomic E-state index is 0.0513.